The summed E-state index contributed by atoms with van der Waals surface area (Å²) in [6.07, 6.45) is 0.481. The maximum Gasteiger partial charge on any atom is 0.320 e. The molecule has 5 N–H and O–H groups in total. The molecule has 15 nitrogen and oxygen atoms in total. The molecule has 272 valence electrons. The van der Waals surface area contributed by atoms with Crippen LogP contribution in [0.2, 0.25) is 0 Å². The fourth-order valence-electron chi connectivity index (χ4n) is 5.84. The van der Waals surface area contributed by atoms with Gasteiger partial charge in [-0.15, -0.1) is 0 Å². The number of benzene rings is 2. The normalized spacial score (nSPS) is 16.4. The van der Waals surface area contributed by atoms with E-state index in [-0.39, 0.29) is 109 Å². The molecular weight excluding hydrogens is 650 g/mol. The highest BCUT2D eigenvalue weighted by Gasteiger charge is 2.28. The van der Waals surface area contributed by atoms with Crippen molar-refractivity contribution >= 4 is 35.6 Å². The third kappa shape index (κ3) is 14.4. The third-order valence-electron chi connectivity index (χ3n) is 8.54. The molecule has 15 heteroatoms. The van der Waals surface area contributed by atoms with E-state index >= 15 is 0 Å². The molecule has 2 aromatic carbocycles. The van der Waals surface area contributed by atoms with Crippen LogP contribution in [-0.2, 0) is 24.0 Å². The quantitative estimate of drug-likeness (QED) is 0.116. The van der Waals surface area contributed by atoms with Gasteiger partial charge in [0.2, 0.25) is 5.91 Å². The number of Topliss-reactive ketones (excluding diaryl/α,β-unsaturated/α-hetero) is 1. The predicted molar refractivity (Wildman–Crippen MR) is 183 cm³/mol. The van der Waals surface area contributed by atoms with Crippen LogP contribution in [0.1, 0.15) is 36.0 Å². The van der Waals surface area contributed by atoms with Crippen LogP contribution < -0.4 is 5.32 Å². The lowest BCUT2D eigenvalue weighted by molar-refractivity contribution is -0.145. The molecule has 1 aliphatic heterocycles. The van der Waals surface area contributed by atoms with E-state index in [9.17, 15) is 49.2 Å². The highest BCUT2D eigenvalue weighted by atomic mass is 16.4. The number of carboxylic acids is 4. The first kappa shape index (κ1) is 39.7. The van der Waals surface area contributed by atoms with E-state index in [4.69, 9.17) is 0 Å². The van der Waals surface area contributed by atoms with E-state index in [0.29, 0.717) is 12.0 Å². The van der Waals surface area contributed by atoms with E-state index < -0.39 is 29.9 Å². The maximum absolute atomic E-state index is 12.7. The molecule has 0 saturated carbocycles. The van der Waals surface area contributed by atoms with Gasteiger partial charge in [-0.1, -0.05) is 54.6 Å². The molecule has 2 aromatic rings. The minimum absolute atomic E-state index is 0.0174. The second-order valence-electron chi connectivity index (χ2n) is 12.3. The van der Waals surface area contributed by atoms with Crippen LogP contribution in [0.4, 0.5) is 0 Å². The molecule has 50 heavy (non-hydrogen) atoms. The van der Waals surface area contributed by atoms with Crippen molar-refractivity contribution in [2.75, 3.05) is 78.5 Å². The first-order chi connectivity index (χ1) is 23.9. The predicted octanol–water partition coefficient (Wildman–Crippen LogP) is 1.14. The van der Waals surface area contributed by atoms with Crippen LogP contribution in [0.5, 0.6) is 0 Å². The molecule has 1 heterocycles. The molecule has 1 amide bonds. The van der Waals surface area contributed by atoms with Crippen LogP contribution >= 0.6 is 0 Å². The van der Waals surface area contributed by atoms with Gasteiger partial charge in [-0.05, 0) is 24.0 Å². The van der Waals surface area contributed by atoms with Crippen LogP contribution in [0.25, 0.3) is 11.1 Å². The van der Waals surface area contributed by atoms with Crippen molar-refractivity contribution < 1.29 is 49.2 Å². The standard InChI is InChI=1S/C35H47N5O10/c41-30(28-10-8-27(9-11-28)26-5-2-1-3-6-26)12-13-31(42)36-14-4-7-29(35(49)50)40-21-19-38(24-33(45)46)17-15-37(23-32(43)44)16-18-39(20-22-40)25-34(47)48/h1-3,5-6,8-11,29H,4,7,12-25H2,(H,36,42)(H,43,44)(H,45,46)(H,47,48)(H,49,50). The molecule has 1 aliphatic rings. The zero-order chi connectivity index (χ0) is 36.5. The Balaban J connectivity index is 1.55. The molecule has 0 bridgehead atoms. The zero-order valence-corrected chi connectivity index (χ0v) is 28.1. The Morgan fingerprint density at radius 3 is 1.52 bits per heavy atom. The minimum atomic E-state index is -1.10. The third-order valence-corrected chi connectivity index (χ3v) is 8.54. The van der Waals surface area contributed by atoms with Crippen molar-refractivity contribution in [3.8, 4) is 11.1 Å². The van der Waals surface area contributed by atoms with Crippen molar-refractivity contribution in [2.45, 2.75) is 31.7 Å². The van der Waals surface area contributed by atoms with Crippen LogP contribution in [0.3, 0.4) is 0 Å². The molecule has 0 aliphatic carbocycles. The fraction of sp³-hybridized carbons (Fsp3) is 0.486. The average molecular weight is 698 g/mol. The van der Waals surface area contributed by atoms with Gasteiger partial charge < -0.3 is 25.7 Å². The lowest BCUT2D eigenvalue weighted by atomic mass is 10.0. The number of rotatable bonds is 17. The molecule has 1 saturated heterocycles. The average Bonchev–Trinajstić information content (AvgIpc) is 3.07. The first-order valence-corrected chi connectivity index (χ1v) is 16.7. The Morgan fingerprint density at radius 1 is 0.600 bits per heavy atom. The summed E-state index contributed by atoms with van der Waals surface area (Å²) in [6, 6.07) is 16.0. The Kier molecular flexibility index (Phi) is 16.5. The summed E-state index contributed by atoms with van der Waals surface area (Å²) in [5.41, 5.74) is 2.52. The summed E-state index contributed by atoms with van der Waals surface area (Å²) in [6.45, 7) is 0.896. The molecular formula is C35H47N5O10. The largest absolute Gasteiger partial charge is 0.480 e. The van der Waals surface area contributed by atoms with Crippen LogP contribution in [0, 0.1) is 0 Å². The number of ketones is 1. The minimum Gasteiger partial charge on any atom is -0.480 e. The summed E-state index contributed by atoms with van der Waals surface area (Å²) >= 11 is 0. The number of nitrogens with one attached hydrogen (secondary N) is 1. The van der Waals surface area contributed by atoms with Crippen LogP contribution in [0.15, 0.2) is 54.6 Å². The highest BCUT2D eigenvalue weighted by molar-refractivity contribution is 5.98. The Hall–Kier alpha value is -4.70. The van der Waals surface area contributed by atoms with E-state index in [1.807, 2.05) is 42.5 Å². The SMILES string of the molecule is O=C(O)CN1CCN(CC(=O)O)CCN(C(CCCNC(=O)CCC(=O)c2ccc(-c3ccccc3)cc2)C(=O)O)CCN(CC(=O)O)CC1. The van der Waals surface area contributed by atoms with E-state index in [1.54, 1.807) is 31.7 Å². The summed E-state index contributed by atoms with van der Waals surface area (Å²) in [5.74, 6) is -4.80. The van der Waals surface area contributed by atoms with Gasteiger partial charge in [0.1, 0.15) is 6.04 Å². The van der Waals surface area contributed by atoms with Crippen LogP contribution in [-0.4, -0.2) is 160 Å². The Labute approximate surface area is 291 Å². The van der Waals surface area contributed by atoms with Gasteiger partial charge in [0.05, 0.1) is 19.6 Å². The molecule has 1 atom stereocenters. The van der Waals surface area contributed by atoms with Gasteiger partial charge in [0.25, 0.3) is 0 Å². The van der Waals surface area contributed by atoms with Gasteiger partial charge in [-0.2, -0.15) is 0 Å². The zero-order valence-electron chi connectivity index (χ0n) is 28.1. The maximum atomic E-state index is 12.7. The Bertz CT molecular complexity index is 1410. The molecule has 0 aromatic heterocycles. The highest BCUT2D eigenvalue weighted by Crippen LogP contribution is 2.20. The fourth-order valence-corrected chi connectivity index (χ4v) is 5.84. The van der Waals surface area contributed by atoms with Crippen molar-refractivity contribution in [1.29, 1.82) is 0 Å². The number of aliphatic carboxylic acids is 4. The summed E-state index contributed by atoms with van der Waals surface area (Å²) in [5, 5.41) is 41.1. The Morgan fingerprint density at radius 2 is 1.06 bits per heavy atom. The second kappa shape index (κ2) is 20.7. The van der Waals surface area contributed by atoms with E-state index in [2.05, 4.69) is 5.32 Å². The molecule has 0 radical (unpaired) electrons. The van der Waals surface area contributed by atoms with E-state index in [0.717, 1.165) is 11.1 Å². The van der Waals surface area contributed by atoms with Gasteiger partial charge in [0.15, 0.2) is 5.78 Å². The number of amides is 1. The van der Waals surface area contributed by atoms with Crippen molar-refractivity contribution in [2.24, 2.45) is 0 Å². The summed E-state index contributed by atoms with van der Waals surface area (Å²) in [4.78, 5) is 78.7. The number of hydrogen-bond donors (Lipinski definition) is 5. The van der Waals surface area contributed by atoms with Gasteiger partial charge in [-0.25, -0.2) is 0 Å². The molecule has 1 fully saturated rings. The number of carboxylic acid groups (broad SMARTS) is 4. The molecule has 3 rings (SSSR count). The lowest BCUT2D eigenvalue weighted by Crippen LogP contribution is -2.51. The molecule has 1 unspecified atom stereocenters. The van der Waals surface area contributed by atoms with Gasteiger partial charge in [-0.3, -0.25) is 48.4 Å². The van der Waals surface area contributed by atoms with E-state index in [1.165, 1.54) is 0 Å². The smallest absolute Gasteiger partial charge is 0.320 e. The lowest BCUT2D eigenvalue weighted by Gasteiger charge is -2.35. The summed E-state index contributed by atoms with van der Waals surface area (Å²) < 4.78 is 0. The van der Waals surface area contributed by atoms with Crippen molar-refractivity contribution in [3.63, 3.8) is 0 Å². The number of carbonyl (C=O) groups excluding carboxylic acids is 2. The number of nitrogens with zero attached hydrogens (tertiary/aromatic N) is 4. The molecule has 0 spiro atoms. The number of hydrogen-bond acceptors (Lipinski definition) is 10. The van der Waals surface area contributed by atoms with Gasteiger partial charge in [0, 0.05) is 77.3 Å². The first-order valence-electron chi connectivity index (χ1n) is 16.7. The second-order valence-corrected chi connectivity index (χ2v) is 12.3. The van der Waals surface area contributed by atoms with Crippen molar-refractivity contribution in [3.05, 3.63) is 60.2 Å². The van der Waals surface area contributed by atoms with Gasteiger partial charge >= 0.3 is 23.9 Å². The number of carbonyl (C=O) groups is 6. The summed E-state index contributed by atoms with van der Waals surface area (Å²) in [7, 11) is 0. The topological polar surface area (TPSA) is 208 Å². The van der Waals surface area contributed by atoms with Crippen molar-refractivity contribution in [1.82, 2.24) is 24.9 Å². The monoisotopic (exact) mass is 697 g/mol.